The van der Waals surface area contributed by atoms with E-state index >= 15 is 0 Å². The van der Waals surface area contributed by atoms with E-state index in [0.29, 0.717) is 24.9 Å². The van der Waals surface area contributed by atoms with Gasteiger partial charge in [0.2, 0.25) is 5.91 Å². The summed E-state index contributed by atoms with van der Waals surface area (Å²) < 4.78 is 0. The van der Waals surface area contributed by atoms with Gasteiger partial charge in [0.25, 0.3) is 0 Å². The number of carbonyl (C=O) groups excluding carboxylic acids is 1. The van der Waals surface area contributed by atoms with Crippen LogP contribution in [-0.4, -0.2) is 29.9 Å². The molecule has 0 aromatic rings. The highest BCUT2D eigenvalue weighted by atomic mass is 16.2. The molecule has 1 amide bonds. The van der Waals surface area contributed by atoms with Gasteiger partial charge < -0.3 is 10.6 Å². The fourth-order valence-electron chi connectivity index (χ4n) is 2.22. The lowest BCUT2D eigenvalue weighted by molar-refractivity contribution is -0.133. The van der Waals surface area contributed by atoms with Crippen molar-refractivity contribution >= 4 is 5.91 Å². The summed E-state index contributed by atoms with van der Waals surface area (Å²) in [4.78, 5) is 13.8. The maximum atomic E-state index is 11.8. The smallest absolute Gasteiger partial charge is 0.222 e. The largest absolute Gasteiger partial charge is 0.338 e. The Morgan fingerprint density at radius 3 is 2.57 bits per heavy atom. The zero-order valence-electron chi connectivity index (χ0n) is 9.17. The molecule has 0 heterocycles. The zero-order chi connectivity index (χ0) is 10.4. The molecule has 1 rings (SSSR count). The molecule has 1 fully saturated rings. The molecule has 0 radical (unpaired) electrons. The third-order valence-electron chi connectivity index (χ3n) is 2.92. The van der Waals surface area contributed by atoms with Crippen LogP contribution in [0.4, 0.5) is 0 Å². The van der Waals surface area contributed by atoms with Crippen LogP contribution in [0.25, 0.3) is 0 Å². The van der Waals surface area contributed by atoms with Gasteiger partial charge in [-0.25, -0.2) is 0 Å². The van der Waals surface area contributed by atoms with Gasteiger partial charge in [0, 0.05) is 25.6 Å². The third-order valence-corrected chi connectivity index (χ3v) is 2.92. The molecule has 0 aromatic heterocycles. The first-order valence-electron chi connectivity index (χ1n) is 5.79. The number of hydrogen-bond donors (Lipinski definition) is 1. The molecule has 0 unspecified atom stereocenters. The van der Waals surface area contributed by atoms with E-state index in [4.69, 9.17) is 5.73 Å². The quantitative estimate of drug-likeness (QED) is 0.728. The van der Waals surface area contributed by atoms with Crippen LogP contribution in [0.1, 0.15) is 45.4 Å². The molecule has 0 aliphatic heterocycles. The number of carbonyl (C=O) groups is 1. The van der Waals surface area contributed by atoms with Crippen molar-refractivity contribution in [3.05, 3.63) is 0 Å². The van der Waals surface area contributed by atoms with Crippen molar-refractivity contribution in [3.63, 3.8) is 0 Å². The summed E-state index contributed by atoms with van der Waals surface area (Å²) in [6.45, 7) is 3.38. The van der Waals surface area contributed by atoms with E-state index in [1.165, 1.54) is 25.7 Å². The summed E-state index contributed by atoms with van der Waals surface area (Å²) in [6, 6.07) is 0.484. The molecule has 3 nitrogen and oxygen atoms in total. The van der Waals surface area contributed by atoms with Gasteiger partial charge in [-0.1, -0.05) is 19.8 Å². The van der Waals surface area contributed by atoms with Crippen molar-refractivity contribution in [3.8, 4) is 0 Å². The first-order valence-corrected chi connectivity index (χ1v) is 5.79. The Morgan fingerprint density at radius 1 is 1.43 bits per heavy atom. The fourth-order valence-corrected chi connectivity index (χ4v) is 2.22. The maximum absolute atomic E-state index is 11.8. The highest BCUT2D eigenvalue weighted by Crippen LogP contribution is 2.23. The number of nitrogens with two attached hydrogens (primary N) is 1. The zero-order valence-corrected chi connectivity index (χ0v) is 9.17. The van der Waals surface area contributed by atoms with Crippen LogP contribution in [0.15, 0.2) is 0 Å². The molecule has 2 N–H and O–H groups in total. The molecule has 14 heavy (non-hydrogen) atoms. The van der Waals surface area contributed by atoms with Crippen molar-refractivity contribution in [2.75, 3.05) is 13.1 Å². The van der Waals surface area contributed by atoms with Crippen LogP contribution in [0.2, 0.25) is 0 Å². The molecule has 1 aliphatic carbocycles. The van der Waals surface area contributed by atoms with Crippen LogP contribution in [0, 0.1) is 0 Å². The van der Waals surface area contributed by atoms with Gasteiger partial charge in [0.05, 0.1) is 0 Å². The Kier molecular flexibility index (Phi) is 4.94. The van der Waals surface area contributed by atoms with Crippen molar-refractivity contribution in [2.24, 2.45) is 5.73 Å². The summed E-state index contributed by atoms with van der Waals surface area (Å²) in [5.74, 6) is 0.296. The predicted octanol–water partition coefficient (Wildman–Crippen LogP) is 1.52. The van der Waals surface area contributed by atoms with Gasteiger partial charge >= 0.3 is 0 Å². The van der Waals surface area contributed by atoms with Crippen LogP contribution in [-0.2, 0) is 4.79 Å². The molecule has 0 bridgehead atoms. The number of nitrogens with zero attached hydrogens (tertiary/aromatic N) is 1. The molecule has 1 aliphatic rings. The molecule has 0 atom stereocenters. The van der Waals surface area contributed by atoms with Crippen LogP contribution < -0.4 is 5.73 Å². The van der Waals surface area contributed by atoms with Crippen molar-refractivity contribution in [2.45, 2.75) is 51.5 Å². The summed E-state index contributed by atoms with van der Waals surface area (Å²) in [5, 5.41) is 0. The van der Waals surface area contributed by atoms with E-state index in [1.54, 1.807) is 0 Å². The second kappa shape index (κ2) is 6.02. The number of rotatable bonds is 5. The van der Waals surface area contributed by atoms with Gasteiger partial charge in [-0.05, 0) is 19.3 Å². The van der Waals surface area contributed by atoms with E-state index in [9.17, 15) is 4.79 Å². The average Bonchev–Trinajstić information content (AvgIpc) is 2.67. The Bertz CT molecular complexity index is 176. The molecular weight excluding hydrogens is 176 g/mol. The first-order chi connectivity index (χ1) is 6.79. The van der Waals surface area contributed by atoms with E-state index < -0.39 is 0 Å². The monoisotopic (exact) mass is 198 g/mol. The standard InChI is InChI=1S/C11H22N2O/c1-2-5-11(14)13(9-8-12)10-6-3-4-7-10/h10H,2-9,12H2,1H3. The minimum atomic E-state index is 0.296. The topological polar surface area (TPSA) is 46.3 Å². The molecule has 1 saturated carbocycles. The summed E-state index contributed by atoms with van der Waals surface area (Å²) >= 11 is 0. The Balaban J connectivity index is 2.48. The Morgan fingerprint density at radius 2 is 2.07 bits per heavy atom. The second-order valence-electron chi connectivity index (χ2n) is 4.06. The van der Waals surface area contributed by atoms with Crippen molar-refractivity contribution in [1.29, 1.82) is 0 Å². The summed E-state index contributed by atoms with van der Waals surface area (Å²) in [5.41, 5.74) is 5.54. The van der Waals surface area contributed by atoms with Crippen LogP contribution >= 0.6 is 0 Å². The lowest BCUT2D eigenvalue weighted by Crippen LogP contribution is -2.41. The van der Waals surface area contributed by atoms with E-state index in [2.05, 4.69) is 0 Å². The van der Waals surface area contributed by atoms with Gasteiger partial charge in [-0.2, -0.15) is 0 Å². The SMILES string of the molecule is CCCC(=O)N(CCN)C1CCCC1. The Hall–Kier alpha value is -0.570. The van der Waals surface area contributed by atoms with Gasteiger partial charge in [-0.3, -0.25) is 4.79 Å². The third kappa shape index (κ3) is 2.98. The van der Waals surface area contributed by atoms with Crippen LogP contribution in [0.5, 0.6) is 0 Å². The molecule has 0 aromatic carbocycles. The minimum absolute atomic E-state index is 0.296. The van der Waals surface area contributed by atoms with E-state index in [1.807, 2.05) is 11.8 Å². The molecule has 0 saturated heterocycles. The summed E-state index contributed by atoms with van der Waals surface area (Å²) in [7, 11) is 0. The lowest BCUT2D eigenvalue weighted by atomic mass is 10.2. The lowest BCUT2D eigenvalue weighted by Gasteiger charge is -2.28. The average molecular weight is 198 g/mol. The number of amides is 1. The molecule has 0 spiro atoms. The second-order valence-corrected chi connectivity index (χ2v) is 4.06. The number of hydrogen-bond acceptors (Lipinski definition) is 2. The fraction of sp³-hybridized carbons (Fsp3) is 0.909. The molecule has 82 valence electrons. The molecular formula is C11H22N2O. The van der Waals surface area contributed by atoms with Crippen LogP contribution in [0.3, 0.4) is 0 Å². The first kappa shape index (κ1) is 11.5. The molecule has 3 heteroatoms. The van der Waals surface area contributed by atoms with E-state index in [-0.39, 0.29) is 0 Å². The normalized spacial score (nSPS) is 17.3. The predicted molar refractivity (Wildman–Crippen MR) is 57.9 cm³/mol. The highest BCUT2D eigenvalue weighted by Gasteiger charge is 2.25. The Labute approximate surface area is 86.6 Å². The van der Waals surface area contributed by atoms with Gasteiger partial charge in [0.1, 0.15) is 0 Å². The summed E-state index contributed by atoms with van der Waals surface area (Å²) in [6.07, 6.45) is 6.50. The van der Waals surface area contributed by atoms with Crippen molar-refractivity contribution in [1.82, 2.24) is 4.90 Å². The van der Waals surface area contributed by atoms with Crippen molar-refractivity contribution < 1.29 is 4.79 Å². The van der Waals surface area contributed by atoms with Gasteiger partial charge in [0.15, 0.2) is 0 Å². The van der Waals surface area contributed by atoms with E-state index in [0.717, 1.165) is 13.0 Å². The maximum Gasteiger partial charge on any atom is 0.222 e. The van der Waals surface area contributed by atoms with Gasteiger partial charge in [-0.15, -0.1) is 0 Å². The minimum Gasteiger partial charge on any atom is -0.338 e. The highest BCUT2D eigenvalue weighted by molar-refractivity contribution is 5.76.